The van der Waals surface area contributed by atoms with Gasteiger partial charge in [-0.15, -0.1) is 0 Å². The minimum absolute atomic E-state index is 0.157. The fourth-order valence-corrected chi connectivity index (χ4v) is 4.79. The van der Waals surface area contributed by atoms with Gasteiger partial charge in [0.15, 0.2) is 0 Å². The number of benzene rings is 3. The van der Waals surface area contributed by atoms with Crippen molar-refractivity contribution in [3.05, 3.63) is 83.4 Å². The Balaban J connectivity index is 1.65. The quantitative estimate of drug-likeness (QED) is 0.517. The number of hydrogen-bond donors (Lipinski definition) is 1. The number of aliphatic hydroxyl groups excluding tert-OH is 1. The highest BCUT2D eigenvalue weighted by molar-refractivity contribution is 5.86. The number of amides is 1. The van der Waals surface area contributed by atoms with Crippen molar-refractivity contribution in [2.45, 2.75) is 58.3 Å². The highest BCUT2D eigenvalue weighted by Crippen LogP contribution is 2.36. The lowest BCUT2D eigenvalue weighted by atomic mass is 9.81. The van der Waals surface area contributed by atoms with Gasteiger partial charge in [0.25, 0.3) is 0 Å². The number of rotatable bonds is 4. The molecule has 3 aromatic rings. The molecule has 32 heavy (non-hydrogen) atoms. The van der Waals surface area contributed by atoms with Gasteiger partial charge in [0.2, 0.25) is 0 Å². The van der Waals surface area contributed by atoms with Crippen LogP contribution in [0.3, 0.4) is 0 Å². The first-order valence-electron chi connectivity index (χ1n) is 11.5. The lowest BCUT2D eigenvalue weighted by molar-refractivity contribution is 0.0104. The zero-order chi connectivity index (χ0) is 22.9. The van der Waals surface area contributed by atoms with Crippen LogP contribution in [0.4, 0.5) is 4.79 Å². The molecule has 4 rings (SSSR count). The molecule has 0 spiro atoms. The van der Waals surface area contributed by atoms with Crippen molar-refractivity contribution in [1.29, 1.82) is 0 Å². The maximum absolute atomic E-state index is 13.4. The Bertz CT molecular complexity index is 1100. The minimum atomic E-state index is -0.577. The van der Waals surface area contributed by atoms with Crippen molar-refractivity contribution in [1.82, 2.24) is 4.90 Å². The van der Waals surface area contributed by atoms with Crippen LogP contribution in [0.15, 0.2) is 66.7 Å². The fraction of sp³-hybridized carbons (Fsp3) is 0.393. The number of fused-ring (bicyclic) bond motifs is 2. The largest absolute Gasteiger partial charge is 0.444 e. The highest BCUT2D eigenvalue weighted by atomic mass is 16.6. The standard InChI is InChI=1S/C28H33NO3/c1-19(23-15-9-12-21-10-5-7-13-24(21)23)29(27(31)32-28(2,3)4)18-20-16-22-11-6-8-14-25(22)26(30)17-20/h5-15,19-20,26,30H,16-18H2,1-4H3/t19-,20?,26?/m1/s1. The number of carbonyl (C=O) groups is 1. The van der Waals surface area contributed by atoms with Gasteiger partial charge in [-0.1, -0.05) is 66.7 Å². The molecule has 1 amide bonds. The molecule has 1 aliphatic rings. The molecule has 0 bridgehead atoms. The molecule has 168 valence electrons. The third-order valence-corrected chi connectivity index (χ3v) is 6.30. The summed E-state index contributed by atoms with van der Waals surface area (Å²) in [6.07, 6.45) is 0.664. The van der Waals surface area contributed by atoms with Gasteiger partial charge in [-0.25, -0.2) is 4.79 Å². The summed E-state index contributed by atoms with van der Waals surface area (Å²) in [5, 5.41) is 13.0. The Hall–Kier alpha value is -2.85. The SMILES string of the molecule is C[C@H](c1cccc2ccccc12)N(CC1Cc2ccccc2C(O)C1)C(=O)OC(C)(C)C. The van der Waals surface area contributed by atoms with E-state index in [1.165, 1.54) is 5.56 Å². The first-order chi connectivity index (χ1) is 15.2. The zero-order valence-electron chi connectivity index (χ0n) is 19.4. The van der Waals surface area contributed by atoms with Crippen LogP contribution in [-0.4, -0.2) is 28.2 Å². The molecule has 0 fully saturated rings. The molecule has 0 saturated carbocycles. The number of aliphatic hydroxyl groups is 1. The van der Waals surface area contributed by atoms with E-state index >= 15 is 0 Å². The maximum atomic E-state index is 13.4. The van der Waals surface area contributed by atoms with Crippen molar-refractivity contribution >= 4 is 16.9 Å². The van der Waals surface area contributed by atoms with E-state index < -0.39 is 11.7 Å². The third kappa shape index (κ3) is 4.81. The lowest BCUT2D eigenvalue weighted by Crippen LogP contribution is -2.42. The highest BCUT2D eigenvalue weighted by Gasteiger charge is 2.33. The molecular weight excluding hydrogens is 398 g/mol. The second-order valence-electron chi connectivity index (χ2n) is 9.90. The molecule has 2 unspecified atom stereocenters. The second kappa shape index (κ2) is 8.95. The predicted molar refractivity (Wildman–Crippen MR) is 129 cm³/mol. The predicted octanol–water partition coefficient (Wildman–Crippen LogP) is 6.43. The molecule has 0 aromatic heterocycles. The van der Waals surface area contributed by atoms with Crippen LogP contribution in [0.1, 0.15) is 63.0 Å². The molecule has 0 saturated heterocycles. The summed E-state index contributed by atoms with van der Waals surface area (Å²) in [5.41, 5.74) is 2.70. The minimum Gasteiger partial charge on any atom is -0.444 e. The van der Waals surface area contributed by atoms with Crippen LogP contribution in [-0.2, 0) is 11.2 Å². The van der Waals surface area contributed by atoms with E-state index in [-0.39, 0.29) is 18.1 Å². The van der Waals surface area contributed by atoms with E-state index in [1.54, 1.807) is 0 Å². The molecule has 3 aromatic carbocycles. The molecule has 0 radical (unpaired) electrons. The number of hydrogen-bond acceptors (Lipinski definition) is 3. The molecule has 1 N–H and O–H groups in total. The first-order valence-corrected chi connectivity index (χ1v) is 11.5. The van der Waals surface area contributed by atoms with Crippen LogP contribution in [0.25, 0.3) is 10.8 Å². The summed E-state index contributed by atoms with van der Waals surface area (Å²) in [6.45, 7) is 8.29. The number of nitrogens with zero attached hydrogens (tertiary/aromatic N) is 1. The summed E-state index contributed by atoms with van der Waals surface area (Å²) in [5.74, 6) is 0.157. The normalized spacial score (nSPS) is 19.3. The second-order valence-corrected chi connectivity index (χ2v) is 9.90. The van der Waals surface area contributed by atoms with Crippen molar-refractivity contribution in [2.75, 3.05) is 6.54 Å². The van der Waals surface area contributed by atoms with E-state index in [4.69, 9.17) is 4.74 Å². The zero-order valence-corrected chi connectivity index (χ0v) is 19.4. The molecular formula is C28H33NO3. The van der Waals surface area contributed by atoms with Gasteiger partial charge in [-0.05, 0) is 73.9 Å². The van der Waals surface area contributed by atoms with E-state index in [0.29, 0.717) is 13.0 Å². The third-order valence-electron chi connectivity index (χ3n) is 6.30. The van der Waals surface area contributed by atoms with E-state index in [9.17, 15) is 9.90 Å². The first kappa shape index (κ1) is 22.3. The Morgan fingerprint density at radius 2 is 1.75 bits per heavy atom. The van der Waals surface area contributed by atoms with Crippen molar-refractivity contribution < 1.29 is 14.6 Å². The van der Waals surface area contributed by atoms with Gasteiger partial charge in [0.05, 0.1) is 12.1 Å². The fourth-order valence-electron chi connectivity index (χ4n) is 4.79. The van der Waals surface area contributed by atoms with Gasteiger partial charge in [-0.3, -0.25) is 0 Å². The van der Waals surface area contributed by atoms with Crippen LogP contribution in [0.2, 0.25) is 0 Å². The summed E-state index contributed by atoms with van der Waals surface area (Å²) in [4.78, 5) is 15.2. The smallest absolute Gasteiger partial charge is 0.410 e. The molecule has 0 heterocycles. The summed E-state index contributed by atoms with van der Waals surface area (Å²) >= 11 is 0. The molecule has 0 aliphatic heterocycles. The average molecular weight is 432 g/mol. The number of ether oxygens (including phenoxy) is 1. The maximum Gasteiger partial charge on any atom is 0.410 e. The molecule has 3 atom stereocenters. The Morgan fingerprint density at radius 1 is 1.06 bits per heavy atom. The van der Waals surface area contributed by atoms with Gasteiger partial charge >= 0.3 is 6.09 Å². The van der Waals surface area contributed by atoms with Crippen molar-refractivity contribution in [2.24, 2.45) is 5.92 Å². The molecule has 4 heteroatoms. The van der Waals surface area contributed by atoms with Gasteiger partial charge in [0.1, 0.15) is 5.60 Å². The Morgan fingerprint density at radius 3 is 2.53 bits per heavy atom. The lowest BCUT2D eigenvalue weighted by Gasteiger charge is -2.37. The van der Waals surface area contributed by atoms with Crippen LogP contribution in [0.5, 0.6) is 0 Å². The van der Waals surface area contributed by atoms with E-state index in [0.717, 1.165) is 28.3 Å². The van der Waals surface area contributed by atoms with E-state index in [2.05, 4.69) is 37.3 Å². The van der Waals surface area contributed by atoms with E-state index in [1.807, 2.05) is 62.1 Å². The molecule has 1 aliphatic carbocycles. The Labute approximate surface area is 190 Å². The van der Waals surface area contributed by atoms with Crippen molar-refractivity contribution in [3.63, 3.8) is 0 Å². The van der Waals surface area contributed by atoms with Crippen LogP contribution >= 0.6 is 0 Å². The summed E-state index contributed by atoms with van der Waals surface area (Å²) in [6, 6.07) is 22.4. The van der Waals surface area contributed by atoms with Gasteiger partial charge in [0, 0.05) is 6.54 Å². The summed E-state index contributed by atoms with van der Waals surface area (Å²) < 4.78 is 5.82. The monoisotopic (exact) mass is 431 g/mol. The molecule has 4 nitrogen and oxygen atoms in total. The van der Waals surface area contributed by atoms with Gasteiger partial charge < -0.3 is 14.7 Å². The van der Waals surface area contributed by atoms with Crippen LogP contribution in [0, 0.1) is 5.92 Å². The van der Waals surface area contributed by atoms with Gasteiger partial charge in [-0.2, -0.15) is 0 Å². The average Bonchev–Trinajstić information content (AvgIpc) is 2.75. The van der Waals surface area contributed by atoms with Crippen LogP contribution < -0.4 is 0 Å². The van der Waals surface area contributed by atoms with Crippen molar-refractivity contribution in [3.8, 4) is 0 Å². The summed E-state index contributed by atoms with van der Waals surface area (Å²) in [7, 11) is 0. The Kier molecular flexibility index (Phi) is 6.25. The number of carbonyl (C=O) groups excluding carboxylic acids is 1. The topological polar surface area (TPSA) is 49.8 Å².